The molecule has 2 aromatic carbocycles. The van der Waals surface area contributed by atoms with Crippen LogP contribution >= 0.6 is 0 Å². The highest BCUT2D eigenvalue weighted by Gasteiger charge is 2.35. The monoisotopic (exact) mass is 552 g/mol. The topological polar surface area (TPSA) is 57.3 Å². The van der Waals surface area contributed by atoms with Gasteiger partial charge in [-0.15, -0.1) is 0 Å². The normalized spacial score (nSPS) is 22.8. The number of hydrogen-bond acceptors (Lipinski definition) is 6. The van der Waals surface area contributed by atoms with Crippen LogP contribution in [0.1, 0.15) is 50.5 Å². The number of carbonyl (C=O) groups is 1. The van der Waals surface area contributed by atoms with Gasteiger partial charge in [0.2, 0.25) is 5.91 Å². The first-order valence-electron chi connectivity index (χ1n) is 15.0. The molecule has 3 aliphatic rings. The number of piperidine rings is 1. The minimum atomic E-state index is -0.150. The standard InChI is InChI=1S/C32H45FN4O3/c1-39-30-13-7-8-25(32(30)40-2)23-35-17-16-28(24(22-35)14-15-31(38)34-26-9-3-4-10-26)36-18-20-37(21-19-36)29-12-6-5-11-27(29)33/h5-8,11-13,24,26,28H,3-4,9-10,14-23H2,1-2H3,(H,34,38)/t24-,28+/m0/s1. The smallest absolute Gasteiger partial charge is 0.220 e. The number of para-hydroxylation sites is 2. The maximum absolute atomic E-state index is 14.4. The average Bonchev–Trinajstić information content (AvgIpc) is 3.49. The Bertz CT molecular complexity index is 1120. The zero-order valence-corrected chi connectivity index (χ0v) is 24.1. The molecule has 2 atom stereocenters. The third kappa shape index (κ3) is 6.89. The summed E-state index contributed by atoms with van der Waals surface area (Å²) in [6.07, 6.45) is 7.17. The van der Waals surface area contributed by atoms with E-state index in [-0.39, 0.29) is 11.7 Å². The van der Waals surface area contributed by atoms with Crippen LogP contribution in [0.4, 0.5) is 10.1 Å². The number of hydrogen-bond donors (Lipinski definition) is 1. The molecule has 2 aromatic rings. The number of likely N-dealkylation sites (tertiary alicyclic amines) is 1. The van der Waals surface area contributed by atoms with Gasteiger partial charge in [0, 0.05) is 63.3 Å². The van der Waals surface area contributed by atoms with Crippen molar-refractivity contribution in [3.8, 4) is 11.5 Å². The van der Waals surface area contributed by atoms with E-state index in [1.165, 1.54) is 12.8 Å². The Labute approximate surface area is 238 Å². The molecule has 0 unspecified atom stereocenters. The molecule has 3 fully saturated rings. The van der Waals surface area contributed by atoms with Crippen LogP contribution in [0, 0.1) is 11.7 Å². The van der Waals surface area contributed by atoms with Crippen molar-refractivity contribution >= 4 is 11.6 Å². The van der Waals surface area contributed by atoms with Crippen LogP contribution < -0.4 is 19.7 Å². The van der Waals surface area contributed by atoms with Crippen molar-refractivity contribution < 1.29 is 18.7 Å². The third-order valence-corrected chi connectivity index (χ3v) is 9.10. The van der Waals surface area contributed by atoms with Crippen molar-refractivity contribution in [3.05, 3.63) is 53.8 Å². The van der Waals surface area contributed by atoms with E-state index in [9.17, 15) is 9.18 Å². The first-order valence-corrected chi connectivity index (χ1v) is 15.0. The van der Waals surface area contributed by atoms with Crippen molar-refractivity contribution in [2.45, 2.75) is 63.6 Å². The van der Waals surface area contributed by atoms with E-state index >= 15 is 0 Å². The number of nitrogens with one attached hydrogen (secondary N) is 1. The molecule has 7 nitrogen and oxygen atoms in total. The summed E-state index contributed by atoms with van der Waals surface area (Å²) < 4.78 is 25.7. The van der Waals surface area contributed by atoms with E-state index in [0.29, 0.717) is 30.1 Å². The van der Waals surface area contributed by atoms with Crippen LogP contribution in [-0.4, -0.2) is 81.3 Å². The number of piperazine rings is 1. The van der Waals surface area contributed by atoms with Gasteiger partial charge in [0.25, 0.3) is 0 Å². The van der Waals surface area contributed by atoms with Crippen molar-refractivity contribution in [3.63, 3.8) is 0 Å². The first-order chi connectivity index (χ1) is 19.6. The van der Waals surface area contributed by atoms with E-state index in [0.717, 1.165) is 88.6 Å². The minimum Gasteiger partial charge on any atom is -0.493 e. The molecule has 2 saturated heterocycles. The SMILES string of the molecule is COc1cccc(CN2CC[C@@H](N3CCN(c4ccccc4F)CC3)[C@@H](CCC(=O)NC3CCCC3)C2)c1OC. The Morgan fingerprint density at radius 2 is 1.73 bits per heavy atom. The number of halogens is 1. The van der Waals surface area contributed by atoms with Crippen molar-refractivity contribution in [1.82, 2.24) is 15.1 Å². The van der Waals surface area contributed by atoms with Crippen LogP contribution in [0.5, 0.6) is 11.5 Å². The summed E-state index contributed by atoms with van der Waals surface area (Å²) in [4.78, 5) is 20.1. The van der Waals surface area contributed by atoms with Gasteiger partial charge in [-0.25, -0.2) is 4.39 Å². The molecule has 40 heavy (non-hydrogen) atoms. The molecule has 0 bridgehead atoms. The van der Waals surface area contributed by atoms with Crippen LogP contribution in [0.2, 0.25) is 0 Å². The summed E-state index contributed by atoms with van der Waals surface area (Å²) in [6, 6.07) is 13.9. The van der Waals surface area contributed by atoms with Gasteiger partial charge in [0.15, 0.2) is 11.5 Å². The first kappa shape index (κ1) is 28.7. The van der Waals surface area contributed by atoms with Gasteiger partial charge in [-0.3, -0.25) is 14.6 Å². The summed E-state index contributed by atoms with van der Waals surface area (Å²) in [5, 5.41) is 3.28. The Morgan fingerprint density at radius 1 is 0.950 bits per heavy atom. The molecule has 1 N–H and O–H groups in total. The molecule has 8 heteroatoms. The quantitative estimate of drug-likeness (QED) is 0.462. The zero-order valence-electron chi connectivity index (χ0n) is 24.1. The van der Waals surface area contributed by atoms with Crippen molar-refractivity contribution in [2.24, 2.45) is 5.92 Å². The number of ether oxygens (including phenoxy) is 2. The highest BCUT2D eigenvalue weighted by Crippen LogP contribution is 2.34. The van der Waals surface area contributed by atoms with E-state index in [1.807, 2.05) is 24.3 Å². The molecule has 1 aliphatic carbocycles. The zero-order chi connectivity index (χ0) is 27.9. The van der Waals surface area contributed by atoms with Gasteiger partial charge < -0.3 is 19.7 Å². The number of nitrogens with zero attached hydrogens (tertiary/aromatic N) is 3. The second kappa shape index (κ2) is 13.7. The molecule has 218 valence electrons. The molecule has 0 aromatic heterocycles. The lowest BCUT2D eigenvalue weighted by Gasteiger charge is -2.47. The van der Waals surface area contributed by atoms with Crippen LogP contribution in [0.3, 0.4) is 0 Å². The van der Waals surface area contributed by atoms with Gasteiger partial charge in [-0.1, -0.05) is 37.1 Å². The largest absolute Gasteiger partial charge is 0.493 e. The van der Waals surface area contributed by atoms with Gasteiger partial charge in [-0.2, -0.15) is 0 Å². The Morgan fingerprint density at radius 3 is 2.45 bits per heavy atom. The third-order valence-electron chi connectivity index (χ3n) is 9.10. The van der Waals surface area contributed by atoms with Crippen LogP contribution in [0.15, 0.2) is 42.5 Å². The van der Waals surface area contributed by atoms with Crippen LogP contribution in [0.25, 0.3) is 0 Å². The molecule has 2 aliphatic heterocycles. The lowest BCUT2D eigenvalue weighted by atomic mass is 9.86. The fourth-order valence-electron chi connectivity index (χ4n) is 7.01. The molecular formula is C32H45FN4O3. The van der Waals surface area contributed by atoms with Gasteiger partial charge >= 0.3 is 0 Å². The van der Waals surface area contributed by atoms with Crippen LogP contribution in [-0.2, 0) is 11.3 Å². The lowest BCUT2D eigenvalue weighted by Crippen LogP contribution is -2.57. The lowest BCUT2D eigenvalue weighted by molar-refractivity contribution is -0.122. The number of benzene rings is 2. The van der Waals surface area contributed by atoms with E-state index in [1.54, 1.807) is 26.4 Å². The average molecular weight is 553 g/mol. The summed E-state index contributed by atoms with van der Waals surface area (Å²) in [5.41, 5.74) is 1.82. The fourth-order valence-corrected chi connectivity index (χ4v) is 7.01. The molecule has 5 rings (SSSR count). The summed E-state index contributed by atoms with van der Waals surface area (Å²) in [7, 11) is 3.37. The number of rotatable bonds is 10. The summed E-state index contributed by atoms with van der Waals surface area (Å²) in [5.74, 6) is 1.98. The number of methoxy groups -OCH3 is 2. The maximum atomic E-state index is 14.4. The second-order valence-electron chi connectivity index (χ2n) is 11.6. The van der Waals surface area contributed by atoms with Gasteiger partial charge in [0.1, 0.15) is 5.82 Å². The Kier molecular flexibility index (Phi) is 9.81. The number of amides is 1. The minimum absolute atomic E-state index is 0.150. The number of anilines is 1. The highest BCUT2D eigenvalue weighted by molar-refractivity contribution is 5.76. The highest BCUT2D eigenvalue weighted by atomic mass is 19.1. The predicted octanol–water partition coefficient (Wildman–Crippen LogP) is 4.69. The molecular weight excluding hydrogens is 507 g/mol. The number of carbonyl (C=O) groups excluding carboxylic acids is 1. The van der Waals surface area contributed by atoms with Gasteiger partial charge in [-0.05, 0) is 56.3 Å². The predicted molar refractivity (Wildman–Crippen MR) is 157 cm³/mol. The fraction of sp³-hybridized carbons (Fsp3) is 0.594. The van der Waals surface area contributed by atoms with E-state index in [2.05, 4.69) is 26.1 Å². The van der Waals surface area contributed by atoms with E-state index in [4.69, 9.17) is 9.47 Å². The maximum Gasteiger partial charge on any atom is 0.220 e. The van der Waals surface area contributed by atoms with Crippen molar-refractivity contribution in [1.29, 1.82) is 0 Å². The van der Waals surface area contributed by atoms with Gasteiger partial charge in [0.05, 0.1) is 19.9 Å². The Hall–Kier alpha value is -2.84. The second-order valence-corrected chi connectivity index (χ2v) is 11.6. The molecule has 1 amide bonds. The molecule has 1 saturated carbocycles. The summed E-state index contributed by atoms with van der Waals surface area (Å²) in [6.45, 7) is 6.17. The summed E-state index contributed by atoms with van der Waals surface area (Å²) >= 11 is 0. The van der Waals surface area contributed by atoms with Crippen molar-refractivity contribution in [2.75, 3.05) is 58.4 Å². The molecule has 0 spiro atoms. The molecule has 0 radical (unpaired) electrons. The van der Waals surface area contributed by atoms with E-state index < -0.39 is 0 Å². The molecule has 2 heterocycles. The Balaban J connectivity index is 1.24.